The number of hydrogen-bond donors (Lipinski definition) is 0. The van der Waals surface area contributed by atoms with Crippen LogP contribution in [0.1, 0.15) is 11.3 Å². The van der Waals surface area contributed by atoms with Crippen LogP contribution in [-0.4, -0.2) is 55.2 Å². The Labute approximate surface area is 187 Å². The molecule has 9 heteroatoms. The lowest BCUT2D eigenvalue weighted by Crippen LogP contribution is -2.39. The van der Waals surface area contributed by atoms with Gasteiger partial charge in [0.05, 0.1) is 34.2 Å². The van der Waals surface area contributed by atoms with Gasteiger partial charge in [-0.05, 0) is 36.8 Å². The van der Waals surface area contributed by atoms with E-state index in [4.69, 9.17) is 32.9 Å². The molecule has 0 radical (unpaired) electrons. The van der Waals surface area contributed by atoms with E-state index in [0.29, 0.717) is 22.3 Å². The van der Waals surface area contributed by atoms with Gasteiger partial charge in [-0.3, -0.25) is 14.6 Å². The van der Waals surface area contributed by atoms with Crippen molar-refractivity contribution in [3.63, 3.8) is 0 Å². The number of thiophene rings is 1. The molecular formula is C20H21Cl2N3O2S2. The van der Waals surface area contributed by atoms with E-state index in [1.807, 2.05) is 35.2 Å². The number of aromatic nitrogens is 1. The third kappa shape index (κ3) is 5.48. The molecule has 3 aromatic rings. The molecular weight excluding hydrogens is 449 g/mol. The Bertz CT molecular complexity index is 985. The maximum Gasteiger partial charge on any atom is 0.234 e. The topological polar surface area (TPSA) is 45.7 Å². The highest BCUT2D eigenvalue weighted by Crippen LogP contribution is 2.32. The first-order chi connectivity index (χ1) is 14.1. The Balaban J connectivity index is 1.50. The Hall–Kier alpha value is -1.22. The molecule has 5 nitrogen and oxygen atoms in total. The van der Waals surface area contributed by atoms with Gasteiger partial charge >= 0.3 is 0 Å². The van der Waals surface area contributed by atoms with Gasteiger partial charge in [0.15, 0.2) is 5.13 Å². The number of anilines is 1. The first kappa shape index (κ1) is 21.0. The maximum absolute atomic E-state index is 13.1. The fraction of sp³-hybridized carbons (Fsp3) is 0.400. The molecule has 0 spiro atoms. The molecule has 1 aliphatic rings. The summed E-state index contributed by atoms with van der Waals surface area (Å²) in [6, 6.07) is 9.36. The van der Waals surface area contributed by atoms with Crippen molar-refractivity contribution in [1.29, 1.82) is 0 Å². The van der Waals surface area contributed by atoms with Crippen molar-refractivity contribution in [2.24, 2.45) is 0 Å². The number of halogens is 2. The Morgan fingerprint density at radius 1 is 1.17 bits per heavy atom. The number of thiazole rings is 1. The molecule has 0 saturated carbocycles. The fourth-order valence-corrected chi connectivity index (χ4v) is 5.66. The van der Waals surface area contributed by atoms with E-state index in [1.54, 1.807) is 0 Å². The number of ether oxygens (including phenoxy) is 1. The van der Waals surface area contributed by atoms with Gasteiger partial charge in [-0.25, -0.2) is 4.98 Å². The Morgan fingerprint density at radius 2 is 2.00 bits per heavy atom. The molecule has 2 aromatic heterocycles. The van der Waals surface area contributed by atoms with E-state index in [0.717, 1.165) is 59.5 Å². The largest absolute Gasteiger partial charge is 0.379 e. The van der Waals surface area contributed by atoms with Gasteiger partial charge in [-0.1, -0.05) is 34.5 Å². The summed E-state index contributed by atoms with van der Waals surface area (Å²) in [5, 5.41) is 1.39. The van der Waals surface area contributed by atoms with Crippen molar-refractivity contribution in [3.8, 4) is 0 Å². The number of benzene rings is 1. The van der Waals surface area contributed by atoms with Crippen LogP contribution in [0, 0.1) is 0 Å². The van der Waals surface area contributed by atoms with Gasteiger partial charge in [-0.2, -0.15) is 0 Å². The summed E-state index contributed by atoms with van der Waals surface area (Å²) in [5.41, 5.74) is 0.861. The van der Waals surface area contributed by atoms with Crippen LogP contribution in [0.4, 0.5) is 5.13 Å². The van der Waals surface area contributed by atoms with Crippen molar-refractivity contribution in [1.82, 2.24) is 9.88 Å². The zero-order chi connectivity index (χ0) is 20.2. The summed E-state index contributed by atoms with van der Waals surface area (Å²) in [4.78, 5) is 23.0. The second-order valence-corrected chi connectivity index (χ2v) is 10.1. The van der Waals surface area contributed by atoms with Gasteiger partial charge < -0.3 is 4.74 Å². The number of carbonyl (C=O) groups is 1. The molecule has 154 valence electrons. The van der Waals surface area contributed by atoms with E-state index in [9.17, 15) is 4.79 Å². The zero-order valence-electron chi connectivity index (χ0n) is 15.8. The SMILES string of the molecule is O=C(Cc1ccc(Cl)s1)N(CCCN1CCOCC1)c1nc2ccc(Cl)cc2s1. The van der Waals surface area contributed by atoms with Crippen LogP contribution in [0.25, 0.3) is 10.2 Å². The van der Waals surface area contributed by atoms with E-state index in [1.165, 1.54) is 22.7 Å². The summed E-state index contributed by atoms with van der Waals surface area (Å²) >= 11 is 15.1. The van der Waals surface area contributed by atoms with Crippen LogP contribution in [0.5, 0.6) is 0 Å². The van der Waals surface area contributed by atoms with Crippen LogP contribution in [0.2, 0.25) is 9.36 Å². The second kappa shape index (κ2) is 9.73. The average Bonchev–Trinajstić information content (AvgIpc) is 3.31. The molecule has 0 N–H and O–H groups in total. The van der Waals surface area contributed by atoms with Crippen LogP contribution >= 0.6 is 45.9 Å². The summed E-state index contributed by atoms with van der Waals surface area (Å²) < 4.78 is 7.09. The smallest absolute Gasteiger partial charge is 0.234 e. The second-order valence-electron chi connectivity index (χ2n) is 6.84. The standard InChI is InChI=1S/C20H21Cl2N3O2S2/c21-14-2-4-16-17(12-14)29-20(23-16)25(7-1-6-24-8-10-27-11-9-24)19(26)13-15-3-5-18(22)28-15/h2-5,12H,1,6-11,13H2. The normalized spacial score (nSPS) is 15.1. The zero-order valence-corrected chi connectivity index (χ0v) is 18.9. The van der Waals surface area contributed by atoms with Crippen molar-refractivity contribution in [2.75, 3.05) is 44.3 Å². The van der Waals surface area contributed by atoms with Gasteiger partial charge in [-0.15, -0.1) is 11.3 Å². The minimum Gasteiger partial charge on any atom is -0.379 e. The lowest BCUT2D eigenvalue weighted by atomic mass is 10.3. The minimum absolute atomic E-state index is 0.0376. The van der Waals surface area contributed by atoms with E-state index >= 15 is 0 Å². The predicted molar refractivity (Wildman–Crippen MR) is 122 cm³/mol. The molecule has 1 aromatic carbocycles. The Morgan fingerprint density at radius 3 is 2.76 bits per heavy atom. The van der Waals surface area contributed by atoms with E-state index in [2.05, 4.69) is 4.90 Å². The number of rotatable bonds is 7. The highest BCUT2D eigenvalue weighted by atomic mass is 35.5. The van der Waals surface area contributed by atoms with E-state index < -0.39 is 0 Å². The van der Waals surface area contributed by atoms with Crippen LogP contribution < -0.4 is 4.90 Å². The molecule has 1 saturated heterocycles. The predicted octanol–water partition coefficient (Wildman–Crippen LogP) is 4.96. The monoisotopic (exact) mass is 469 g/mol. The number of hydrogen-bond acceptors (Lipinski definition) is 6. The lowest BCUT2D eigenvalue weighted by molar-refractivity contribution is -0.118. The van der Waals surface area contributed by atoms with Crippen LogP contribution in [0.3, 0.4) is 0 Å². The van der Waals surface area contributed by atoms with Gasteiger partial charge in [0.25, 0.3) is 0 Å². The van der Waals surface area contributed by atoms with Crippen molar-refractivity contribution >= 4 is 67.1 Å². The molecule has 4 rings (SSSR count). The highest BCUT2D eigenvalue weighted by Gasteiger charge is 2.21. The summed E-state index contributed by atoms with van der Waals surface area (Å²) in [7, 11) is 0. The molecule has 29 heavy (non-hydrogen) atoms. The first-order valence-electron chi connectivity index (χ1n) is 9.49. The summed E-state index contributed by atoms with van der Waals surface area (Å²) in [5.74, 6) is 0.0376. The fourth-order valence-electron chi connectivity index (χ4n) is 3.30. The van der Waals surface area contributed by atoms with Crippen LogP contribution in [-0.2, 0) is 16.0 Å². The number of amides is 1. The minimum atomic E-state index is 0.0376. The van der Waals surface area contributed by atoms with Gasteiger partial charge in [0, 0.05) is 36.1 Å². The third-order valence-electron chi connectivity index (χ3n) is 4.79. The van der Waals surface area contributed by atoms with Crippen molar-refractivity contribution in [3.05, 3.63) is 44.6 Å². The average molecular weight is 470 g/mol. The molecule has 0 atom stereocenters. The van der Waals surface area contributed by atoms with Crippen molar-refractivity contribution < 1.29 is 9.53 Å². The number of fused-ring (bicyclic) bond motifs is 1. The third-order valence-corrected chi connectivity index (χ3v) is 7.29. The molecule has 1 aliphatic heterocycles. The molecule has 1 fully saturated rings. The van der Waals surface area contributed by atoms with Gasteiger partial charge in [0.2, 0.25) is 5.91 Å². The molecule has 0 unspecified atom stereocenters. The van der Waals surface area contributed by atoms with Gasteiger partial charge in [0.1, 0.15) is 0 Å². The van der Waals surface area contributed by atoms with Crippen molar-refractivity contribution in [2.45, 2.75) is 12.8 Å². The lowest BCUT2D eigenvalue weighted by Gasteiger charge is -2.27. The summed E-state index contributed by atoms with van der Waals surface area (Å²) in [6.45, 7) is 5.01. The molecule has 0 bridgehead atoms. The van der Waals surface area contributed by atoms with Crippen LogP contribution in [0.15, 0.2) is 30.3 Å². The molecule has 0 aliphatic carbocycles. The molecule has 1 amide bonds. The molecule has 3 heterocycles. The first-order valence-corrected chi connectivity index (χ1v) is 11.9. The van der Waals surface area contributed by atoms with E-state index in [-0.39, 0.29) is 5.91 Å². The quantitative estimate of drug-likeness (QED) is 0.490. The number of carbonyl (C=O) groups excluding carboxylic acids is 1. The maximum atomic E-state index is 13.1. The Kier molecular flexibility index (Phi) is 7.05. The number of nitrogens with zero attached hydrogens (tertiary/aromatic N) is 3. The number of morpholine rings is 1. The highest BCUT2D eigenvalue weighted by molar-refractivity contribution is 7.22. The summed E-state index contributed by atoms with van der Waals surface area (Å²) in [6.07, 6.45) is 1.21.